The van der Waals surface area contributed by atoms with Crippen LogP contribution in [0.3, 0.4) is 0 Å². The molecule has 0 saturated heterocycles. The van der Waals surface area contributed by atoms with Gasteiger partial charge in [0, 0.05) is 11.7 Å². The molecule has 1 aromatic carbocycles. The van der Waals surface area contributed by atoms with Gasteiger partial charge in [-0.2, -0.15) is 0 Å². The van der Waals surface area contributed by atoms with Crippen LogP contribution in [0.5, 0.6) is 0 Å². The second kappa shape index (κ2) is 5.45. The van der Waals surface area contributed by atoms with E-state index in [2.05, 4.69) is 15.5 Å². The van der Waals surface area contributed by atoms with Crippen LogP contribution in [0.2, 0.25) is 0 Å². The number of hydrogen-bond donors (Lipinski definition) is 3. The molecule has 1 atom stereocenters. The average molecular weight is 257 g/mol. The molecule has 6 heteroatoms. The minimum Gasteiger partial charge on any atom is -0.364 e. The van der Waals surface area contributed by atoms with Gasteiger partial charge in [0.2, 0.25) is 0 Å². The molecule has 0 aliphatic heterocycles. The molecule has 0 aliphatic rings. The second-order valence-corrected chi connectivity index (χ2v) is 4.17. The van der Waals surface area contributed by atoms with Crippen molar-refractivity contribution in [1.29, 1.82) is 0 Å². The average Bonchev–Trinajstić information content (AvgIpc) is 2.39. The number of primary amides is 1. The minimum absolute atomic E-state index is 0.0958. The first-order chi connectivity index (χ1) is 9.08. The third-order valence-electron chi connectivity index (χ3n) is 2.63. The fourth-order valence-corrected chi connectivity index (χ4v) is 1.68. The van der Waals surface area contributed by atoms with Crippen molar-refractivity contribution in [3.05, 3.63) is 47.7 Å². The summed E-state index contributed by atoms with van der Waals surface area (Å²) in [5, 5.41) is 10.7. The predicted molar refractivity (Wildman–Crippen MR) is 72.9 cm³/mol. The Labute approximate surface area is 110 Å². The van der Waals surface area contributed by atoms with E-state index in [-0.39, 0.29) is 11.7 Å². The number of rotatable bonds is 4. The number of carbonyl (C=O) groups is 1. The van der Waals surface area contributed by atoms with Crippen molar-refractivity contribution in [3.8, 4) is 0 Å². The molecule has 5 N–H and O–H groups in total. The number of aromatic nitrogens is 2. The normalized spacial score (nSPS) is 11.9. The molecule has 6 nitrogen and oxygen atoms in total. The number of nitrogens with zero attached hydrogens (tertiary/aromatic N) is 2. The van der Waals surface area contributed by atoms with E-state index in [1.54, 1.807) is 6.07 Å². The van der Waals surface area contributed by atoms with Gasteiger partial charge in [0.05, 0.1) is 0 Å². The molecule has 2 aromatic rings. The van der Waals surface area contributed by atoms with Crippen molar-refractivity contribution in [2.24, 2.45) is 11.5 Å². The van der Waals surface area contributed by atoms with Crippen LogP contribution in [-0.4, -0.2) is 16.1 Å². The van der Waals surface area contributed by atoms with Crippen LogP contribution in [0.15, 0.2) is 36.4 Å². The van der Waals surface area contributed by atoms with E-state index >= 15 is 0 Å². The predicted octanol–water partition coefficient (Wildman–Crippen LogP) is 1.34. The fraction of sp³-hybridized carbons (Fsp3) is 0.154. The highest BCUT2D eigenvalue weighted by molar-refractivity contribution is 5.90. The van der Waals surface area contributed by atoms with Crippen molar-refractivity contribution < 1.29 is 4.79 Å². The molecule has 0 radical (unpaired) electrons. The van der Waals surface area contributed by atoms with Gasteiger partial charge in [-0.3, -0.25) is 4.79 Å². The lowest BCUT2D eigenvalue weighted by atomic mass is 10.1. The summed E-state index contributed by atoms with van der Waals surface area (Å²) in [5.74, 6) is -0.0758. The lowest BCUT2D eigenvalue weighted by Crippen LogP contribution is -2.14. The Morgan fingerprint density at radius 1 is 1.21 bits per heavy atom. The highest BCUT2D eigenvalue weighted by Gasteiger charge is 2.08. The largest absolute Gasteiger partial charge is 0.364 e. The molecule has 98 valence electrons. The Bertz CT molecular complexity index is 580. The number of amides is 1. The third kappa shape index (κ3) is 3.05. The summed E-state index contributed by atoms with van der Waals surface area (Å²) in [7, 11) is 0. The van der Waals surface area contributed by atoms with E-state index in [1.165, 1.54) is 6.07 Å². The van der Waals surface area contributed by atoms with Crippen LogP contribution in [0.4, 0.5) is 11.5 Å². The van der Waals surface area contributed by atoms with Crippen LogP contribution >= 0.6 is 0 Å². The van der Waals surface area contributed by atoms with E-state index in [4.69, 9.17) is 11.5 Å². The molecule has 0 fully saturated rings. The zero-order chi connectivity index (χ0) is 13.8. The number of nitrogens with two attached hydrogens (primary N) is 2. The van der Waals surface area contributed by atoms with Gasteiger partial charge in [0.15, 0.2) is 11.5 Å². The van der Waals surface area contributed by atoms with Gasteiger partial charge in [0.25, 0.3) is 5.91 Å². The maximum atomic E-state index is 10.9. The molecule has 0 spiro atoms. The molecule has 1 heterocycles. The molecule has 0 bridgehead atoms. The number of hydrogen-bond acceptors (Lipinski definition) is 5. The first kappa shape index (κ1) is 13.0. The zero-order valence-electron chi connectivity index (χ0n) is 10.5. The lowest BCUT2D eigenvalue weighted by molar-refractivity contribution is 0.0994. The Balaban J connectivity index is 2.24. The van der Waals surface area contributed by atoms with Gasteiger partial charge in [-0.05, 0) is 30.7 Å². The van der Waals surface area contributed by atoms with Gasteiger partial charge < -0.3 is 16.8 Å². The van der Waals surface area contributed by atoms with Gasteiger partial charge in [-0.15, -0.1) is 10.2 Å². The summed E-state index contributed by atoms with van der Waals surface area (Å²) in [4.78, 5) is 10.9. The molecule has 19 heavy (non-hydrogen) atoms. The van der Waals surface area contributed by atoms with E-state index < -0.39 is 5.91 Å². The Hall–Kier alpha value is -2.47. The van der Waals surface area contributed by atoms with E-state index in [0.29, 0.717) is 5.82 Å². The Morgan fingerprint density at radius 3 is 2.53 bits per heavy atom. The summed E-state index contributed by atoms with van der Waals surface area (Å²) in [6.07, 6.45) is 0. The smallest absolute Gasteiger partial charge is 0.269 e. The molecule has 0 aliphatic carbocycles. The summed E-state index contributed by atoms with van der Waals surface area (Å²) in [6.45, 7) is 1.91. The second-order valence-electron chi connectivity index (χ2n) is 4.17. The van der Waals surface area contributed by atoms with Gasteiger partial charge in [-0.25, -0.2) is 0 Å². The quantitative estimate of drug-likeness (QED) is 0.766. The maximum absolute atomic E-state index is 10.9. The van der Waals surface area contributed by atoms with Crippen molar-refractivity contribution in [2.75, 3.05) is 5.32 Å². The van der Waals surface area contributed by atoms with Crippen molar-refractivity contribution in [2.45, 2.75) is 13.0 Å². The topological polar surface area (TPSA) is 107 Å². The fourth-order valence-electron chi connectivity index (χ4n) is 1.68. The standard InChI is InChI=1S/C13H15N5O/c1-8(14)9-4-2-3-5-10(9)16-12-7-6-11(13(15)19)17-18-12/h2-8H,14H2,1H3,(H2,15,19)(H,16,18). The van der Waals surface area contributed by atoms with Crippen LogP contribution in [0.1, 0.15) is 29.0 Å². The first-order valence-electron chi connectivity index (χ1n) is 5.83. The third-order valence-corrected chi connectivity index (χ3v) is 2.63. The summed E-state index contributed by atoms with van der Waals surface area (Å²) in [6, 6.07) is 10.7. The molecular weight excluding hydrogens is 242 g/mol. The van der Waals surface area contributed by atoms with Crippen molar-refractivity contribution in [3.63, 3.8) is 0 Å². The summed E-state index contributed by atoms with van der Waals surface area (Å²) >= 11 is 0. The monoisotopic (exact) mass is 257 g/mol. The van der Waals surface area contributed by atoms with Gasteiger partial charge in [-0.1, -0.05) is 18.2 Å². The van der Waals surface area contributed by atoms with Gasteiger partial charge >= 0.3 is 0 Å². The van der Waals surface area contributed by atoms with Crippen LogP contribution < -0.4 is 16.8 Å². The molecular formula is C13H15N5O. The Morgan fingerprint density at radius 2 is 1.95 bits per heavy atom. The van der Waals surface area contributed by atoms with Crippen molar-refractivity contribution >= 4 is 17.4 Å². The first-order valence-corrected chi connectivity index (χ1v) is 5.83. The SMILES string of the molecule is CC(N)c1ccccc1Nc1ccc(C(N)=O)nn1. The maximum Gasteiger partial charge on any atom is 0.269 e. The van der Waals surface area contributed by atoms with Crippen LogP contribution in [0, 0.1) is 0 Å². The van der Waals surface area contributed by atoms with Crippen molar-refractivity contribution in [1.82, 2.24) is 10.2 Å². The number of anilines is 2. The van der Waals surface area contributed by atoms with E-state index in [1.807, 2.05) is 31.2 Å². The molecule has 1 unspecified atom stereocenters. The van der Waals surface area contributed by atoms with Gasteiger partial charge in [0.1, 0.15) is 0 Å². The number of benzene rings is 1. The summed E-state index contributed by atoms with van der Waals surface area (Å²) in [5.41, 5.74) is 13.0. The number of nitrogens with one attached hydrogen (secondary N) is 1. The van der Waals surface area contributed by atoms with E-state index in [0.717, 1.165) is 11.3 Å². The van der Waals surface area contributed by atoms with Crippen LogP contribution in [0.25, 0.3) is 0 Å². The lowest BCUT2D eigenvalue weighted by Gasteiger charge is -2.13. The van der Waals surface area contributed by atoms with Crippen LogP contribution in [-0.2, 0) is 0 Å². The molecule has 1 aromatic heterocycles. The minimum atomic E-state index is -0.602. The highest BCUT2D eigenvalue weighted by atomic mass is 16.1. The zero-order valence-corrected chi connectivity index (χ0v) is 10.5. The summed E-state index contributed by atoms with van der Waals surface area (Å²) < 4.78 is 0. The highest BCUT2D eigenvalue weighted by Crippen LogP contribution is 2.23. The molecule has 0 saturated carbocycles. The molecule has 2 rings (SSSR count). The molecule has 1 amide bonds. The van der Waals surface area contributed by atoms with E-state index in [9.17, 15) is 4.79 Å². The number of carbonyl (C=O) groups excluding carboxylic acids is 1. The number of para-hydroxylation sites is 1. The Kier molecular flexibility index (Phi) is 3.72.